The maximum absolute atomic E-state index is 11.0. The molecule has 1 aromatic rings. The van der Waals surface area contributed by atoms with Gasteiger partial charge in [0, 0.05) is 0 Å². The number of aliphatic hydroxyl groups excluding tert-OH is 2. The molecule has 0 aromatic heterocycles. The molecule has 1 aliphatic heterocycles. The summed E-state index contributed by atoms with van der Waals surface area (Å²) in [6.45, 7) is 3.66. The monoisotopic (exact) mass is 192 g/mol. The van der Waals surface area contributed by atoms with Crippen molar-refractivity contribution in [1.82, 2.24) is 0 Å². The molecule has 1 unspecified atom stereocenters. The summed E-state index contributed by atoms with van der Waals surface area (Å²) in [6.07, 6.45) is -1.61. The van der Waals surface area contributed by atoms with Gasteiger partial charge in [0.1, 0.15) is 11.5 Å². The second-order valence-corrected chi connectivity index (χ2v) is 3.00. The number of carbonyl (C=O) groups is 1. The van der Waals surface area contributed by atoms with Crippen molar-refractivity contribution in [2.24, 2.45) is 0 Å². The first-order chi connectivity index (χ1) is 6.61. The maximum atomic E-state index is 11.0. The Hall–Kier alpha value is -1.81. The number of carbonyl (C=O) groups excluding carboxylic acids is 1. The van der Waals surface area contributed by atoms with Crippen LogP contribution in [0.2, 0.25) is 0 Å². The topological polar surface area (TPSA) is 66.8 Å². The van der Waals surface area contributed by atoms with Crippen LogP contribution in [0.5, 0.6) is 5.75 Å². The molecule has 0 radical (unpaired) electrons. The number of hydrogen-bond acceptors (Lipinski definition) is 4. The molecule has 1 aliphatic rings. The molecule has 2 N–H and O–H groups in total. The van der Waals surface area contributed by atoms with Crippen LogP contribution >= 0.6 is 0 Å². The molecule has 72 valence electrons. The number of aliphatic hydroxyl groups is 2. The average molecular weight is 192 g/mol. The first kappa shape index (κ1) is 8.77. The van der Waals surface area contributed by atoms with E-state index < -0.39 is 17.8 Å². The molecule has 1 heterocycles. The fraction of sp³-hybridized carbons (Fsp3) is 0.100. The molecule has 14 heavy (non-hydrogen) atoms. The Kier molecular flexibility index (Phi) is 1.79. The molecule has 4 heteroatoms. The van der Waals surface area contributed by atoms with Gasteiger partial charge < -0.3 is 14.9 Å². The van der Waals surface area contributed by atoms with Crippen molar-refractivity contribution in [2.75, 3.05) is 0 Å². The molecule has 0 amide bonds. The zero-order chi connectivity index (χ0) is 10.3. The van der Waals surface area contributed by atoms with Gasteiger partial charge in [-0.15, -0.1) is 0 Å². The van der Waals surface area contributed by atoms with Gasteiger partial charge in [-0.1, -0.05) is 18.7 Å². The standard InChI is InChI=1S/C10H8O4/c1-5-3-2-4-6-7(5)8(11)9(12)10(13)14-6/h2-4,9,11-12H,1H2. The third-order valence-corrected chi connectivity index (χ3v) is 2.06. The zero-order valence-corrected chi connectivity index (χ0v) is 7.23. The van der Waals surface area contributed by atoms with Gasteiger partial charge in [-0.05, 0) is 11.3 Å². The zero-order valence-electron chi connectivity index (χ0n) is 7.23. The predicted molar refractivity (Wildman–Crippen MR) is 48.9 cm³/mol. The molecule has 0 fully saturated rings. The minimum absolute atomic E-state index is 0.227. The highest BCUT2D eigenvalue weighted by atomic mass is 16.6. The lowest BCUT2D eigenvalue weighted by Gasteiger charge is -2.16. The average Bonchev–Trinajstić information content (AvgIpc) is 2.14. The number of rotatable bonds is 0. The maximum Gasteiger partial charge on any atom is 0.348 e. The van der Waals surface area contributed by atoms with E-state index in [1.165, 1.54) is 6.07 Å². The van der Waals surface area contributed by atoms with E-state index >= 15 is 0 Å². The quantitative estimate of drug-likeness (QED) is 0.410. The Balaban J connectivity index is 2.87. The number of ether oxygens (including phenoxy) is 1. The summed E-state index contributed by atoms with van der Waals surface area (Å²) in [5.41, 5.74) is 0. The SMILES string of the molecule is C=c1cccc2c1=C(O)C(O)C(=O)O2. The molecule has 0 spiro atoms. The lowest BCUT2D eigenvalue weighted by Crippen LogP contribution is -2.42. The second kappa shape index (κ2) is 2.85. The first-order valence-corrected chi connectivity index (χ1v) is 4.02. The van der Waals surface area contributed by atoms with Gasteiger partial charge in [0.25, 0.3) is 0 Å². The molecule has 1 atom stereocenters. The number of benzene rings is 1. The molecule has 1 aromatic carbocycles. The lowest BCUT2D eigenvalue weighted by atomic mass is 10.1. The summed E-state index contributed by atoms with van der Waals surface area (Å²) < 4.78 is 4.79. The number of esters is 1. The van der Waals surface area contributed by atoms with Crippen molar-refractivity contribution in [1.29, 1.82) is 0 Å². The van der Waals surface area contributed by atoms with Crippen LogP contribution in [-0.4, -0.2) is 22.3 Å². The van der Waals surface area contributed by atoms with Crippen LogP contribution in [0.25, 0.3) is 12.3 Å². The van der Waals surface area contributed by atoms with Crippen LogP contribution in [0.1, 0.15) is 0 Å². The highest BCUT2D eigenvalue weighted by Crippen LogP contribution is 2.11. The van der Waals surface area contributed by atoms with Crippen molar-refractivity contribution in [3.8, 4) is 5.75 Å². The van der Waals surface area contributed by atoms with Gasteiger partial charge in [-0.3, -0.25) is 0 Å². The minimum atomic E-state index is -1.61. The molecular formula is C10H8O4. The van der Waals surface area contributed by atoms with Crippen molar-refractivity contribution in [3.05, 3.63) is 28.6 Å². The van der Waals surface area contributed by atoms with Gasteiger partial charge in [0.2, 0.25) is 6.10 Å². The highest BCUT2D eigenvalue weighted by Gasteiger charge is 2.28. The summed E-state index contributed by atoms with van der Waals surface area (Å²) in [5, 5.41) is 19.5. The van der Waals surface area contributed by atoms with Crippen LogP contribution in [0.3, 0.4) is 0 Å². The van der Waals surface area contributed by atoms with Crippen molar-refractivity contribution >= 4 is 18.3 Å². The Labute approximate surface area is 79.4 Å². The van der Waals surface area contributed by atoms with E-state index in [1.807, 2.05) is 0 Å². The predicted octanol–water partition coefficient (Wildman–Crippen LogP) is -0.957. The molecule has 0 saturated heterocycles. The fourth-order valence-electron chi connectivity index (χ4n) is 1.36. The Morgan fingerprint density at radius 3 is 2.86 bits per heavy atom. The van der Waals surface area contributed by atoms with Crippen LogP contribution in [0, 0.1) is 0 Å². The van der Waals surface area contributed by atoms with E-state index in [0.717, 1.165) is 0 Å². The summed E-state index contributed by atoms with van der Waals surface area (Å²) in [5.74, 6) is -1.05. The van der Waals surface area contributed by atoms with Crippen molar-refractivity contribution in [2.45, 2.75) is 6.10 Å². The van der Waals surface area contributed by atoms with Crippen LogP contribution < -0.4 is 15.2 Å². The van der Waals surface area contributed by atoms with Crippen molar-refractivity contribution in [3.63, 3.8) is 0 Å². The molecule has 0 aliphatic carbocycles. The molecule has 0 saturated carbocycles. The summed E-state index contributed by atoms with van der Waals surface area (Å²) in [7, 11) is 0. The second-order valence-electron chi connectivity index (χ2n) is 3.00. The summed E-state index contributed by atoms with van der Waals surface area (Å²) >= 11 is 0. The lowest BCUT2D eigenvalue weighted by molar-refractivity contribution is -0.142. The van der Waals surface area contributed by atoms with E-state index in [0.29, 0.717) is 10.4 Å². The third kappa shape index (κ3) is 1.08. The Bertz CT molecular complexity index is 503. The largest absolute Gasteiger partial charge is 0.508 e. The fourth-order valence-corrected chi connectivity index (χ4v) is 1.36. The smallest absolute Gasteiger partial charge is 0.348 e. The normalized spacial score (nSPS) is 20.2. The summed E-state index contributed by atoms with van der Waals surface area (Å²) in [4.78, 5) is 11.0. The Morgan fingerprint density at radius 1 is 1.43 bits per heavy atom. The van der Waals surface area contributed by atoms with Crippen LogP contribution in [-0.2, 0) is 4.79 Å². The van der Waals surface area contributed by atoms with E-state index in [2.05, 4.69) is 6.58 Å². The van der Waals surface area contributed by atoms with Crippen molar-refractivity contribution < 1.29 is 19.7 Å². The first-order valence-electron chi connectivity index (χ1n) is 4.02. The van der Waals surface area contributed by atoms with E-state index in [1.54, 1.807) is 12.1 Å². The van der Waals surface area contributed by atoms with Gasteiger partial charge in [-0.25, -0.2) is 4.79 Å². The van der Waals surface area contributed by atoms with E-state index in [9.17, 15) is 15.0 Å². The Morgan fingerprint density at radius 2 is 2.14 bits per heavy atom. The third-order valence-electron chi connectivity index (χ3n) is 2.06. The van der Waals surface area contributed by atoms with Gasteiger partial charge in [0.15, 0.2) is 0 Å². The molecule has 4 nitrogen and oxygen atoms in total. The summed E-state index contributed by atoms with van der Waals surface area (Å²) in [6, 6.07) is 4.84. The van der Waals surface area contributed by atoms with Crippen LogP contribution in [0.15, 0.2) is 18.2 Å². The highest BCUT2D eigenvalue weighted by molar-refractivity contribution is 5.88. The number of fused-ring (bicyclic) bond motifs is 1. The number of hydrogen-bond donors (Lipinski definition) is 2. The van der Waals surface area contributed by atoms with Gasteiger partial charge in [-0.2, -0.15) is 0 Å². The van der Waals surface area contributed by atoms with Crippen LogP contribution in [0.4, 0.5) is 0 Å². The molecule has 2 rings (SSSR count). The molecular weight excluding hydrogens is 184 g/mol. The van der Waals surface area contributed by atoms with E-state index in [4.69, 9.17) is 4.74 Å². The van der Waals surface area contributed by atoms with Gasteiger partial charge in [0.05, 0.1) is 5.22 Å². The minimum Gasteiger partial charge on any atom is -0.508 e. The molecule has 0 bridgehead atoms. The van der Waals surface area contributed by atoms with Gasteiger partial charge >= 0.3 is 5.97 Å². The van der Waals surface area contributed by atoms with E-state index in [-0.39, 0.29) is 5.75 Å².